The number of carbonyl (C=O) groups excluding carboxylic acids is 4. The van der Waals surface area contributed by atoms with Crippen molar-refractivity contribution in [1.29, 1.82) is 0 Å². The second kappa shape index (κ2) is 8.31. The largest absolute Gasteiger partial charge is 0.423 e. The topological polar surface area (TPSA) is 86.7 Å². The molecule has 0 heterocycles. The van der Waals surface area contributed by atoms with Crippen molar-refractivity contribution >= 4 is 24.5 Å². The van der Waals surface area contributed by atoms with Gasteiger partial charge in [0.25, 0.3) is 0 Å². The molecule has 114 valence electrons. The Hall–Kier alpha value is -3.02. The van der Waals surface area contributed by atoms with Gasteiger partial charge >= 0.3 is 11.9 Å². The van der Waals surface area contributed by atoms with E-state index in [1.165, 1.54) is 24.3 Å². The number of aldehydes is 2. The Bertz CT molecular complexity index is 557. The first kappa shape index (κ1) is 17.0. The molecule has 0 radical (unpaired) electrons. The summed E-state index contributed by atoms with van der Waals surface area (Å²) in [6, 6.07) is 5.66. The number of ether oxygens (including phenoxy) is 2. The molecule has 0 amide bonds. The predicted octanol–water partition coefficient (Wildman–Crippen LogP) is 1.79. The number of rotatable bonds is 8. The third-order valence-electron chi connectivity index (χ3n) is 2.48. The zero-order valence-electron chi connectivity index (χ0n) is 11.7. The Morgan fingerprint density at radius 1 is 0.818 bits per heavy atom. The monoisotopic (exact) mass is 302 g/mol. The van der Waals surface area contributed by atoms with Crippen LogP contribution in [0.5, 0.6) is 11.5 Å². The zero-order chi connectivity index (χ0) is 16.5. The summed E-state index contributed by atoms with van der Waals surface area (Å²) >= 11 is 0. The van der Waals surface area contributed by atoms with E-state index in [0.29, 0.717) is 12.6 Å². The summed E-state index contributed by atoms with van der Waals surface area (Å²) in [5.74, 6) is -1.00. The average Bonchev–Trinajstić information content (AvgIpc) is 2.49. The maximum absolute atomic E-state index is 11.5. The number of hydrogen-bond donors (Lipinski definition) is 0. The van der Waals surface area contributed by atoms with E-state index in [-0.39, 0.29) is 35.5 Å². The minimum absolute atomic E-state index is 0.0377. The van der Waals surface area contributed by atoms with Gasteiger partial charge in [-0.25, -0.2) is 9.59 Å². The Morgan fingerprint density at radius 3 is 1.41 bits per heavy atom. The lowest BCUT2D eigenvalue weighted by atomic mass is 10.2. The highest BCUT2D eigenvalue weighted by Crippen LogP contribution is 2.19. The fraction of sp³-hybridized carbons (Fsp3) is 0.125. The molecule has 6 heteroatoms. The first-order valence-electron chi connectivity index (χ1n) is 6.25. The van der Waals surface area contributed by atoms with Gasteiger partial charge in [-0.2, -0.15) is 0 Å². The smallest absolute Gasteiger partial charge is 0.339 e. The van der Waals surface area contributed by atoms with Gasteiger partial charge < -0.3 is 19.1 Å². The SMILES string of the molecule is C=C(CC=O)C(=O)Oc1ccc(OC(=O)C(=C)CC=O)cc1. The molecule has 0 fully saturated rings. The normalized spacial score (nSPS) is 9.45. The molecule has 0 saturated carbocycles. The lowest BCUT2D eigenvalue weighted by molar-refractivity contribution is -0.131. The number of benzene rings is 1. The van der Waals surface area contributed by atoms with Crippen molar-refractivity contribution < 1.29 is 28.7 Å². The van der Waals surface area contributed by atoms with Crippen molar-refractivity contribution in [2.45, 2.75) is 12.8 Å². The third-order valence-corrected chi connectivity index (χ3v) is 2.48. The first-order valence-corrected chi connectivity index (χ1v) is 6.25. The van der Waals surface area contributed by atoms with Crippen molar-refractivity contribution in [2.75, 3.05) is 0 Å². The number of hydrogen-bond acceptors (Lipinski definition) is 6. The molecule has 1 rings (SSSR count). The van der Waals surface area contributed by atoms with Gasteiger partial charge in [-0.1, -0.05) is 13.2 Å². The second-order valence-electron chi connectivity index (χ2n) is 4.20. The Morgan fingerprint density at radius 2 is 1.14 bits per heavy atom. The van der Waals surface area contributed by atoms with E-state index in [9.17, 15) is 19.2 Å². The molecule has 0 aliphatic heterocycles. The number of esters is 2. The van der Waals surface area contributed by atoms with Gasteiger partial charge in [0.1, 0.15) is 24.1 Å². The molecule has 0 aliphatic rings. The molecule has 0 saturated heterocycles. The van der Waals surface area contributed by atoms with Crippen molar-refractivity contribution in [2.24, 2.45) is 0 Å². The molecule has 1 aromatic carbocycles. The average molecular weight is 302 g/mol. The van der Waals surface area contributed by atoms with Crippen LogP contribution in [-0.2, 0) is 19.2 Å². The highest BCUT2D eigenvalue weighted by Gasteiger charge is 2.11. The van der Waals surface area contributed by atoms with E-state index in [1.807, 2.05) is 0 Å². The van der Waals surface area contributed by atoms with Crippen LogP contribution in [0.3, 0.4) is 0 Å². The minimum Gasteiger partial charge on any atom is -0.423 e. The van der Waals surface area contributed by atoms with Gasteiger partial charge in [0.15, 0.2) is 0 Å². The molecule has 6 nitrogen and oxygen atoms in total. The summed E-state index contributed by atoms with van der Waals surface area (Å²) < 4.78 is 9.95. The zero-order valence-corrected chi connectivity index (χ0v) is 11.7. The maximum atomic E-state index is 11.5. The molecular formula is C16H14O6. The fourth-order valence-electron chi connectivity index (χ4n) is 1.30. The van der Waals surface area contributed by atoms with Gasteiger partial charge in [-0.15, -0.1) is 0 Å². The van der Waals surface area contributed by atoms with Crippen molar-refractivity contribution in [3.63, 3.8) is 0 Å². The Labute approximate surface area is 127 Å². The van der Waals surface area contributed by atoms with Crippen molar-refractivity contribution in [3.8, 4) is 11.5 Å². The van der Waals surface area contributed by atoms with E-state index in [2.05, 4.69) is 13.2 Å². The highest BCUT2D eigenvalue weighted by atomic mass is 16.5. The van der Waals surface area contributed by atoms with Gasteiger partial charge in [0.2, 0.25) is 0 Å². The molecule has 0 aromatic heterocycles. The molecule has 0 atom stereocenters. The summed E-state index contributed by atoms with van der Waals surface area (Å²) in [5.41, 5.74) is 0.0753. The van der Waals surface area contributed by atoms with Gasteiger partial charge in [0.05, 0.1) is 0 Å². The Balaban J connectivity index is 2.63. The lowest BCUT2D eigenvalue weighted by Gasteiger charge is -2.07. The second-order valence-corrected chi connectivity index (χ2v) is 4.20. The van der Waals surface area contributed by atoms with E-state index in [1.54, 1.807) is 0 Å². The summed E-state index contributed by atoms with van der Waals surface area (Å²) in [5, 5.41) is 0. The summed E-state index contributed by atoms with van der Waals surface area (Å²) in [7, 11) is 0. The standard InChI is InChI=1S/C16H14O6/c1-11(7-9-17)15(19)21-13-3-5-14(6-4-13)22-16(20)12(2)8-10-18/h3-6,9-10H,1-2,7-8H2. The summed E-state index contributed by atoms with van der Waals surface area (Å²) in [6.07, 6.45) is 0.900. The molecule has 1 aromatic rings. The van der Waals surface area contributed by atoms with Crippen molar-refractivity contribution in [3.05, 3.63) is 48.6 Å². The van der Waals surface area contributed by atoms with E-state index in [4.69, 9.17) is 9.47 Å². The van der Waals surface area contributed by atoms with E-state index in [0.717, 1.165) is 0 Å². The predicted molar refractivity (Wildman–Crippen MR) is 77.4 cm³/mol. The van der Waals surface area contributed by atoms with Crippen LogP contribution in [0, 0.1) is 0 Å². The van der Waals surface area contributed by atoms with Crippen LogP contribution in [0.1, 0.15) is 12.8 Å². The molecule has 22 heavy (non-hydrogen) atoms. The molecule has 0 spiro atoms. The molecule has 0 aliphatic carbocycles. The van der Waals surface area contributed by atoms with Crippen LogP contribution in [0.2, 0.25) is 0 Å². The van der Waals surface area contributed by atoms with Gasteiger partial charge in [-0.05, 0) is 24.3 Å². The quantitative estimate of drug-likeness (QED) is 0.315. The highest BCUT2D eigenvalue weighted by molar-refractivity contribution is 5.93. The molecule has 0 unspecified atom stereocenters. The van der Waals surface area contributed by atoms with Gasteiger partial charge in [-0.3, -0.25) is 0 Å². The van der Waals surface area contributed by atoms with E-state index < -0.39 is 11.9 Å². The Kier molecular flexibility index (Phi) is 6.43. The van der Waals surface area contributed by atoms with Crippen LogP contribution in [0.15, 0.2) is 48.6 Å². The third kappa shape index (κ3) is 5.16. The molecule has 0 N–H and O–H groups in total. The summed E-state index contributed by atoms with van der Waals surface area (Å²) in [4.78, 5) is 43.6. The lowest BCUT2D eigenvalue weighted by Crippen LogP contribution is -2.12. The van der Waals surface area contributed by atoms with Crippen LogP contribution < -0.4 is 9.47 Å². The molecule has 0 bridgehead atoms. The van der Waals surface area contributed by atoms with Crippen LogP contribution >= 0.6 is 0 Å². The fourth-order valence-corrected chi connectivity index (χ4v) is 1.30. The van der Waals surface area contributed by atoms with Gasteiger partial charge in [0, 0.05) is 24.0 Å². The maximum Gasteiger partial charge on any atom is 0.339 e. The summed E-state index contributed by atoms with van der Waals surface area (Å²) in [6.45, 7) is 6.84. The number of carbonyl (C=O) groups is 4. The van der Waals surface area contributed by atoms with Crippen LogP contribution in [0.4, 0.5) is 0 Å². The van der Waals surface area contributed by atoms with Crippen LogP contribution in [-0.4, -0.2) is 24.5 Å². The van der Waals surface area contributed by atoms with E-state index >= 15 is 0 Å². The molecular weight excluding hydrogens is 288 g/mol. The van der Waals surface area contributed by atoms with Crippen LogP contribution in [0.25, 0.3) is 0 Å². The first-order chi connectivity index (χ1) is 10.5. The minimum atomic E-state index is -0.712. The van der Waals surface area contributed by atoms with Crippen molar-refractivity contribution in [1.82, 2.24) is 0 Å².